The number of nitrogens with one attached hydrogen (secondary N) is 2. The highest BCUT2D eigenvalue weighted by molar-refractivity contribution is 7.89. The van der Waals surface area contributed by atoms with Crippen molar-refractivity contribution in [3.63, 3.8) is 0 Å². The number of methoxy groups -OCH3 is 1. The van der Waals surface area contributed by atoms with Crippen LogP contribution in [0.5, 0.6) is 5.75 Å². The Morgan fingerprint density at radius 3 is 2.68 bits per heavy atom. The zero-order valence-corrected chi connectivity index (χ0v) is 14.5. The van der Waals surface area contributed by atoms with Gasteiger partial charge in [-0.2, -0.15) is 0 Å². The van der Waals surface area contributed by atoms with Crippen molar-refractivity contribution in [2.24, 2.45) is 0 Å². The average Bonchev–Trinajstić information content (AvgIpc) is 2.44. The van der Waals surface area contributed by atoms with Crippen LogP contribution in [0.15, 0.2) is 17.0 Å². The Bertz CT molecular complexity index is 625. The first-order valence-electron chi connectivity index (χ1n) is 6.95. The van der Waals surface area contributed by atoms with E-state index in [-0.39, 0.29) is 40.7 Å². The second-order valence-corrected chi connectivity index (χ2v) is 7.00. The maximum atomic E-state index is 14.0. The minimum atomic E-state index is -3.76. The van der Waals surface area contributed by atoms with Gasteiger partial charge in [-0.3, -0.25) is 0 Å². The molecular formula is C14H22ClFN2O3S. The molecule has 0 spiro atoms. The van der Waals surface area contributed by atoms with E-state index >= 15 is 0 Å². The van der Waals surface area contributed by atoms with E-state index in [1.54, 1.807) is 0 Å². The molecule has 0 radical (unpaired) electrons. The zero-order chi connectivity index (χ0) is 15.6. The van der Waals surface area contributed by atoms with Gasteiger partial charge in [0.25, 0.3) is 0 Å². The van der Waals surface area contributed by atoms with Crippen molar-refractivity contribution in [2.45, 2.75) is 43.7 Å². The molecule has 1 aromatic rings. The topological polar surface area (TPSA) is 67.4 Å². The monoisotopic (exact) mass is 352 g/mol. The Kier molecular flexibility index (Phi) is 6.61. The number of benzene rings is 1. The predicted octanol–water partition coefficient (Wildman–Crippen LogP) is 1.98. The molecule has 1 aliphatic rings. The van der Waals surface area contributed by atoms with Crippen molar-refractivity contribution in [3.8, 4) is 5.75 Å². The van der Waals surface area contributed by atoms with Gasteiger partial charge in [0, 0.05) is 17.6 Å². The van der Waals surface area contributed by atoms with Gasteiger partial charge in [-0.1, -0.05) is 0 Å². The fourth-order valence-electron chi connectivity index (χ4n) is 2.56. The Labute approximate surface area is 137 Å². The van der Waals surface area contributed by atoms with Crippen molar-refractivity contribution in [1.82, 2.24) is 10.0 Å². The first kappa shape index (κ1) is 19.2. The van der Waals surface area contributed by atoms with E-state index in [0.717, 1.165) is 19.4 Å². The summed E-state index contributed by atoms with van der Waals surface area (Å²) in [6.07, 6.45) is 1.68. The van der Waals surface area contributed by atoms with Gasteiger partial charge >= 0.3 is 0 Å². The molecule has 2 atom stereocenters. The molecule has 2 rings (SSSR count). The van der Waals surface area contributed by atoms with E-state index in [1.165, 1.54) is 26.2 Å². The summed E-state index contributed by atoms with van der Waals surface area (Å²) in [5.41, 5.74) is 0.0678. The van der Waals surface area contributed by atoms with Gasteiger partial charge < -0.3 is 10.1 Å². The minimum Gasteiger partial charge on any atom is -0.494 e. The van der Waals surface area contributed by atoms with Crippen LogP contribution in [0.4, 0.5) is 4.39 Å². The maximum absolute atomic E-state index is 14.0. The van der Waals surface area contributed by atoms with Gasteiger partial charge in [-0.05, 0) is 45.4 Å². The van der Waals surface area contributed by atoms with Crippen LogP contribution in [0, 0.1) is 12.7 Å². The Balaban J connectivity index is 0.00000242. The summed E-state index contributed by atoms with van der Waals surface area (Å²) in [5.74, 6) is -0.602. The molecule has 0 saturated carbocycles. The second-order valence-electron chi connectivity index (χ2n) is 5.32. The molecular weight excluding hydrogens is 331 g/mol. The lowest BCUT2D eigenvalue weighted by molar-refractivity contribution is 0.348. The molecule has 0 aromatic heterocycles. The van der Waals surface area contributed by atoms with E-state index in [9.17, 15) is 12.8 Å². The third-order valence-corrected chi connectivity index (χ3v) is 5.51. The van der Waals surface area contributed by atoms with Gasteiger partial charge in [-0.15, -0.1) is 12.4 Å². The van der Waals surface area contributed by atoms with Crippen LogP contribution in [0.2, 0.25) is 0 Å². The van der Waals surface area contributed by atoms with Gasteiger partial charge in [0.05, 0.1) is 12.0 Å². The molecule has 2 N–H and O–H groups in total. The summed E-state index contributed by atoms with van der Waals surface area (Å²) >= 11 is 0. The predicted molar refractivity (Wildman–Crippen MR) is 85.7 cm³/mol. The Morgan fingerprint density at radius 1 is 1.41 bits per heavy atom. The van der Waals surface area contributed by atoms with Crippen molar-refractivity contribution in [3.05, 3.63) is 23.5 Å². The molecule has 2 unspecified atom stereocenters. The molecule has 1 aromatic carbocycles. The molecule has 0 amide bonds. The summed E-state index contributed by atoms with van der Waals surface area (Å²) < 4.78 is 46.5. The van der Waals surface area contributed by atoms with E-state index < -0.39 is 15.8 Å². The number of hydrogen-bond donors (Lipinski definition) is 2. The lowest BCUT2D eigenvalue weighted by Crippen LogP contribution is -2.51. The van der Waals surface area contributed by atoms with E-state index in [2.05, 4.69) is 10.0 Å². The van der Waals surface area contributed by atoms with Gasteiger partial charge in [0.15, 0.2) is 11.6 Å². The maximum Gasteiger partial charge on any atom is 0.241 e. The molecule has 8 heteroatoms. The van der Waals surface area contributed by atoms with Crippen LogP contribution in [-0.4, -0.2) is 34.2 Å². The van der Waals surface area contributed by atoms with E-state index in [1.807, 2.05) is 6.92 Å². The first-order valence-corrected chi connectivity index (χ1v) is 8.44. The molecule has 22 heavy (non-hydrogen) atoms. The fourth-order valence-corrected chi connectivity index (χ4v) is 4.15. The quantitative estimate of drug-likeness (QED) is 0.869. The summed E-state index contributed by atoms with van der Waals surface area (Å²) in [4.78, 5) is -0.0430. The molecule has 1 fully saturated rings. The second kappa shape index (κ2) is 7.59. The van der Waals surface area contributed by atoms with Crippen molar-refractivity contribution in [1.29, 1.82) is 0 Å². The lowest BCUT2D eigenvalue weighted by Gasteiger charge is -2.30. The number of ether oxygens (including phenoxy) is 1. The normalized spacial score (nSPS) is 22.0. The standard InChI is InChI=1S/C14H21FN2O3S.ClH/c1-9-13(7-6-12(20-3)14(9)15)21(18,19)17-11-5-4-8-16-10(11)2;/h6-7,10-11,16-17H,4-5,8H2,1-3H3;1H. The lowest BCUT2D eigenvalue weighted by atomic mass is 10.0. The number of halogens is 2. The molecule has 1 saturated heterocycles. The summed E-state index contributed by atoms with van der Waals surface area (Å²) in [6, 6.07) is 2.57. The number of hydrogen-bond acceptors (Lipinski definition) is 4. The SMILES string of the molecule is COc1ccc(S(=O)(=O)NC2CCCNC2C)c(C)c1F.Cl. The van der Waals surface area contributed by atoms with Crippen LogP contribution in [0.25, 0.3) is 0 Å². The summed E-state index contributed by atoms with van der Waals surface area (Å²) in [7, 11) is -2.41. The van der Waals surface area contributed by atoms with E-state index in [4.69, 9.17) is 4.74 Å². The van der Waals surface area contributed by atoms with Crippen molar-refractivity contribution < 1.29 is 17.5 Å². The molecule has 1 heterocycles. The summed E-state index contributed by atoms with van der Waals surface area (Å²) in [5, 5.41) is 3.23. The smallest absolute Gasteiger partial charge is 0.241 e. The molecule has 0 aliphatic carbocycles. The Hall–Kier alpha value is -0.890. The van der Waals surface area contributed by atoms with Crippen molar-refractivity contribution in [2.75, 3.05) is 13.7 Å². The highest BCUT2D eigenvalue weighted by atomic mass is 35.5. The average molecular weight is 353 g/mol. The Morgan fingerprint density at radius 2 is 2.09 bits per heavy atom. The van der Waals surface area contributed by atoms with Crippen LogP contribution < -0.4 is 14.8 Å². The van der Waals surface area contributed by atoms with Crippen LogP contribution >= 0.6 is 12.4 Å². The van der Waals surface area contributed by atoms with Crippen LogP contribution in [0.3, 0.4) is 0 Å². The molecule has 1 aliphatic heterocycles. The largest absolute Gasteiger partial charge is 0.494 e. The van der Waals surface area contributed by atoms with Gasteiger partial charge in [0.1, 0.15) is 0 Å². The van der Waals surface area contributed by atoms with E-state index in [0.29, 0.717) is 0 Å². The summed E-state index contributed by atoms with van der Waals surface area (Å²) in [6.45, 7) is 4.26. The van der Waals surface area contributed by atoms with Crippen LogP contribution in [0.1, 0.15) is 25.3 Å². The first-order chi connectivity index (χ1) is 9.86. The highest BCUT2D eigenvalue weighted by Crippen LogP contribution is 2.26. The van der Waals surface area contributed by atoms with Crippen molar-refractivity contribution >= 4 is 22.4 Å². The molecule has 126 valence electrons. The number of piperidine rings is 1. The van der Waals surface area contributed by atoms with Gasteiger partial charge in [-0.25, -0.2) is 17.5 Å². The number of sulfonamides is 1. The third-order valence-electron chi connectivity index (χ3n) is 3.88. The number of rotatable bonds is 4. The molecule has 0 bridgehead atoms. The fraction of sp³-hybridized carbons (Fsp3) is 0.571. The highest BCUT2D eigenvalue weighted by Gasteiger charge is 2.28. The zero-order valence-electron chi connectivity index (χ0n) is 12.8. The third kappa shape index (κ3) is 3.90. The van der Waals surface area contributed by atoms with Crippen LogP contribution in [-0.2, 0) is 10.0 Å². The minimum absolute atomic E-state index is 0. The molecule has 5 nitrogen and oxygen atoms in total. The van der Waals surface area contributed by atoms with Gasteiger partial charge in [0.2, 0.25) is 10.0 Å².